The van der Waals surface area contributed by atoms with Gasteiger partial charge in [-0.25, -0.2) is 16.8 Å². The van der Waals surface area contributed by atoms with Crippen LogP contribution in [-0.2, 0) is 19.7 Å². The smallest absolute Gasteiger partial charge is 0.198 e. The number of benzene rings is 2. The SMILES string of the molecule is C=C[C@@H]1CC(S(=O)(=O)c2ccccc2)(S(=O)(=O)c2ccccc2)C[C@@H]1C. The van der Waals surface area contributed by atoms with Gasteiger partial charge in [0.1, 0.15) is 0 Å². The Bertz CT molecular complexity index is 925. The molecule has 138 valence electrons. The van der Waals surface area contributed by atoms with Gasteiger partial charge in [-0.3, -0.25) is 0 Å². The summed E-state index contributed by atoms with van der Waals surface area (Å²) < 4.78 is 52.4. The van der Waals surface area contributed by atoms with Gasteiger partial charge in [-0.05, 0) is 48.9 Å². The van der Waals surface area contributed by atoms with Gasteiger partial charge in [-0.2, -0.15) is 0 Å². The van der Waals surface area contributed by atoms with E-state index in [0.29, 0.717) is 0 Å². The van der Waals surface area contributed by atoms with Crippen LogP contribution in [0.15, 0.2) is 83.1 Å². The molecule has 1 aliphatic carbocycles. The summed E-state index contributed by atoms with van der Waals surface area (Å²) in [6, 6.07) is 15.7. The number of allylic oxidation sites excluding steroid dienone is 1. The van der Waals surface area contributed by atoms with Crippen LogP contribution in [0.4, 0.5) is 0 Å². The Morgan fingerprint density at radius 1 is 0.846 bits per heavy atom. The first kappa shape index (κ1) is 18.9. The highest BCUT2D eigenvalue weighted by molar-refractivity contribution is 8.10. The molecule has 2 aromatic rings. The molecule has 2 atom stereocenters. The Morgan fingerprint density at radius 3 is 1.62 bits per heavy atom. The summed E-state index contributed by atoms with van der Waals surface area (Å²) in [4.78, 5) is 0.0767. The van der Waals surface area contributed by atoms with E-state index in [0.717, 1.165) is 0 Å². The zero-order valence-corrected chi connectivity index (χ0v) is 16.2. The number of rotatable bonds is 5. The lowest BCUT2D eigenvalue weighted by atomic mass is 9.99. The van der Waals surface area contributed by atoms with Crippen molar-refractivity contribution in [2.75, 3.05) is 0 Å². The lowest BCUT2D eigenvalue weighted by molar-refractivity contribution is 0.503. The Labute approximate surface area is 155 Å². The Morgan fingerprint density at radius 2 is 1.27 bits per heavy atom. The Balaban J connectivity index is 2.28. The highest BCUT2D eigenvalue weighted by atomic mass is 32.3. The van der Waals surface area contributed by atoms with E-state index in [2.05, 4.69) is 6.58 Å². The molecule has 0 unspecified atom stereocenters. The van der Waals surface area contributed by atoms with Crippen molar-refractivity contribution in [1.29, 1.82) is 0 Å². The molecule has 0 heterocycles. The van der Waals surface area contributed by atoms with E-state index in [1.54, 1.807) is 42.5 Å². The van der Waals surface area contributed by atoms with Crippen LogP contribution in [0.1, 0.15) is 19.8 Å². The molecule has 2 aromatic carbocycles. The molecule has 1 saturated carbocycles. The fourth-order valence-electron chi connectivity index (χ4n) is 3.81. The Kier molecular flexibility index (Phi) is 4.84. The van der Waals surface area contributed by atoms with Crippen molar-refractivity contribution in [1.82, 2.24) is 0 Å². The van der Waals surface area contributed by atoms with Crippen molar-refractivity contribution in [2.24, 2.45) is 11.8 Å². The first-order chi connectivity index (χ1) is 12.3. The van der Waals surface area contributed by atoms with Gasteiger partial charge in [0.05, 0.1) is 9.79 Å². The average molecular weight is 391 g/mol. The van der Waals surface area contributed by atoms with Gasteiger partial charge in [0, 0.05) is 0 Å². The fourth-order valence-corrected chi connectivity index (χ4v) is 9.22. The van der Waals surface area contributed by atoms with Crippen LogP contribution in [-0.4, -0.2) is 20.9 Å². The predicted molar refractivity (Wildman–Crippen MR) is 102 cm³/mol. The number of hydrogen-bond donors (Lipinski definition) is 0. The van der Waals surface area contributed by atoms with E-state index in [1.165, 1.54) is 24.3 Å². The molecule has 1 fully saturated rings. The molecule has 4 nitrogen and oxygen atoms in total. The van der Waals surface area contributed by atoms with Crippen LogP contribution < -0.4 is 0 Å². The standard InChI is InChI=1S/C20H22O4S2/c1-3-17-15-20(14-16(17)2,25(21,22)18-10-6-4-7-11-18)26(23,24)19-12-8-5-9-13-19/h3-13,16-17H,1,14-15H2,2H3/t16-,17+/m0/s1. The molecular formula is C20H22O4S2. The van der Waals surface area contributed by atoms with Crippen molar-refractivity contribution < 1.29 is 16.8 Å². The van der Waals surface area contributed by atoms with Crippen molar-refractivity contribution in [3.63, 3.8) is 0 Å². The van der Waals surface area contributed by atoms with E-state index in [9.17, 15) is 16.8 Å². The first-order valence-corrected chi connectivity index (χ1v) is 11.4. The molecule has 6 heteroatoms. The fraction of sp³-hybridized carbons (Fsp3) is 0.300. The third kappa shape index (κ3) is 2.72. The molecule has 0 bridgehead atoms. The summed E-state index contributed by atoms with van der Waals surface area (Å²) in [5.74, 6) is -0.267. The van der Waals surface area contributed by atoms with Crippen LogP contribution in [0.3, 0.4) is 0 Å². The highest BCUT2D eigenvalue weighted by Gasteiger charge is 2.61. The van der Waals surface area contributed by atoms with Gasteiger partial charge in [0.15, 0.2) is 23.8 Å². The zero-order valence-electron chi connectivity index (χ0n) is 14.6. The number of sulfone groups is 2. The molecule has 0 saturated heterocycles. The second-order valence-electron chi connectivity index (χ2n) is 6.83. The van der Waals surface area contributed by atoms with Crippen molar-refractivity contribution >= 4 is 19.7 Å². The van der Waals surface area contributed by atoms with Crippen molar-refractivity contribution in [2.45, 2.75) is 33.6 Å². The van der Waals surface area contributed by atoms with E-state index >= 15 is 0 Å². The maximum absolute atomic E-state index is 13.6. The monoisotopic (exact) mass is 390 g/mol. The second-order valence-corrected chi connectivity index (χ2v) is 11.6. The summed E-state index contributed by atoms with van der Waals surface area (Å²) in [6.45, 7) is 5.66. The summed E-state index contributed by atoms with van der Waals surface area (Å²) in [7, 11) is -8.24. The highest BCUT2D eigenvalue weighted by Crippen LogP contribution is 2.52. The molecule has 26 heavy (non-hydrogen) atoms. The van der Waals surface area contributed by atoms with Crippen molar-refractivity contribution in [3.8, 4) is 0 Å². The normalized spacial score (nSPS) is 22.8. The van der Waals surface area contributed by atoms with Gasteiger partial charge >= 0.3 is 0 Å². The molecule has 1 aliphatic rings. The molecule has 0 N–H and O–H groups in total. The van der Waals surface area contributed by atoms with E-state index in [-0.39, 0.29) is 34.5 Å². The minimum Gasteiger partial charge on any atom is -0.222 e. The summed E-state index contributed by atoms with van der Waals surface area (Å²) in [5.41, 5.74) is 0. The average Bonchev–Trinajstić information content (AvgIpc) is 3.02. The molecule has 0 aromatic heterocycles. The number of hydrogen-bond acceptors (Lipinski definition) is 4. The zero-order chi connectivity index (χ0) is 19.0. The topological polar surface area (TPSA) is 68.3 Å². The molecule has 0 radical (unpaired) electrons. The largest absolute Gasteiger partial charge is 0.222 e. The van der Waals surface area contributed by atoms with Crippen LogP contribution in [0.25, 0.3) is 0 Å². The van der Waals surface area contributed by atoms with Crippen LogP contribution >= 0.6 is 0 Å². The van der Waals surface area contributed by atoms with E-state index in [1.807, 2.05) is 6.92 Å². The van der Waals surface area contributed by atoms with E-state index < -0.39 is 23.8 Å². The van der Waals surface area contributed by atoms with Gasteiger partial charge < -0.3 is 0 Å². The van der Waals surface area contributed by atoms with E-state index in [4.69, 9.17) is 0 Å². The molecule has 0 aliphatic heterocycles. The maximum Gasteiger partial charge on any atom is 0.198 e. The van der Waals surface area contributed by atoms with Crippen LogP contribution in [0, 0.1) is 11.8 Å². The molecular weight excluding hydrogens is 368 g/mol. The van der Waals surface area contributed by atoms with Crippen LogP contribution in [0.2, 0.25) is 0 Å². The van der Waals surface area contributed by atoms with Gasteiger partial charge in [0.25, 0.3) is 0 Å². The molecule has 0 spiro atoms. The minimum absolute atomic E-state index is 0.0200. The van der Waals surface area contributed by atoms with Gasteiger partial charge in [-0.15, -0.1) is 6.58 Å². The lowest BCUT2D eigenvalue weighted by Gasteiger charge is -2.29. The predicted octanol–water partition coefficient (Wildman–Crippen LogP) is 3.86. The summed E-state index contributed by atoms with van der Waals surface area (Å²) in [6.07, 6.45) is 1.75. The minimum atomic E-state index is -4.12. The van der Waals surface area contributed by atoms with Gasteiger partial charge in [0.2, 0.25) is 0 Å². The van der Waals surface area contributed by atoms with Crippen molar-refractivity contribution in [3.05, 3.63) is 73.3 Å². The second kappa shape index (κ2) is 6.67. The van der Waals surface area contributed by atoms with Crippen LogP contribution in [0.5, 0.6) is 0 Å². The molecule has 0 amide bonds. The van der Waals surface area contributed by atoms with Gasteiger partial charge in [-0.1, -0.05) is 49.4 Å². The summed E-state index contributed by atoms with van der Waals surface area (Å²) in [5, 5.41) is 0. The lowest BCUT2D eigenvalue weighted by Crippen LogP contribution is -2.44. The maximum atomic E-state index is 13.6. The first-order valence-electron chi connectivity index (χ1n) is 8.48. The summed E-state index contributed by atoms with van der Waals surface area (Å²) >= 11 is 0. The third-order valence-corrected chi connectivity index (χ3v) is 11.0. The Hall–Kier alpha value is -1.92. The molecule has 3 rings (SSSR count). The quantitative estimate of drug-likeness (QED) is 0.727. The third-order valence-electron chi connectivity index (χ3n) is 5.30.